The molecule has 0 aliphatic rings. The topological polar surface area (TPSA) is 58.9 Å². The molecule has 7 heteroatoms. The van der Waals surface area contributed by atoms with Gasteiger partial charge in [0.15, 0.2) is 16.6 Å². The van der Waals surface area contributed by atoms with Gasteiger partial charge in [0, 0.05) is 13.2 Å². The molecule has 0 bridgehead atoms. The lowest BCUT2D eigenvalue weighted by molar-refractivity contribution is 0.301. The monoisotopic (exact) mass is 440 g/mol. The van der Waals surface area contributed by atoms with Crippen molar-refractivity contribution in [2.45, 2.75) is 118 Å². The fraction of sp³-hybridized carbons (Fsp3) is 1.00. The summed E-state index contributed by atoms with van der Waals surface area (Å²) in [5.41, 5.74) is 0. The lowest BCUT2D eigenvalue weighted by atomic mass is 10.9. The van der Waals surface area contributed by atoms with Crippen LogP contribution in [0.15, 0.2) is 0 Å². The summed E-state index contributed by atoms with van der Waals surface area (Å²) in [6, 6.07) is 1.49. The Morgan fingerprint density at radius 1 is 0.500 bits per heavy atom. The normalized spacial score (nSPS) is 9.23. The standard InChI is InChI=1S/C10H28O4Si3.9CH4/c1-15(2,9-7-11)13-17(5,6)14-16(3,4)10-8-12;;;;;;;;;/h11-12H,7-10H2,1-6H3;9*1H4. The number of aliphatic hydroxyl groups excluding tert-OH is 2. The molecule has 0 radical (unpaired) electrons. The van der Waals surface area contributed by atoms with Gasteiger partial charge in [0.05, 0.1) is 0 Å². The highest BCUT2D eigenvalue weighted by Gasteiger charge is 2.39. The Morgan fingerprint density at radius 2 is 0.692 bits per heavy atom. The third-order valence-corrected chi connectivity index (χ3v) is 13.7. The Kier molecular flexibility index (Phi) is 62.1. The highest BCUT2D eigenvalue weighted by atomic mass is 28.5. The minimum Gasteiger partial charge on any atom is -0.436 e. The van der Waals surface area contributed by atoms with E-state index in [-0.39, 0.29) is 80.1 Å². The summed E-state index contributed by atoms with van der Waals surface area (Å²) in [5.74, 6) is 0. The van der Waals surface area contributed by atoms with Crippen molar-refractivity contribution in [1.82, 2.24) is 0 Å². The SMILES string of the molecule is C.C.C.C.C.C.C.C.C.C[Si](C)(CCO)O[Si](C)(C)O[Si](C)(C)CCO. The fourth-order valence-corrected chi connectivity index (χ4v) is 15.1. The number of hydrogen-bond acceptors (Lipinski definition) is 4. The number of hydrogen-bond donors (Lipinski definition) is 2. The molecule has 0 aliphatic heterocycles. The van der Waals surface area contributed by atoms with Crippen molar-refractivity contribution in [1.29, 1.82) is 0 Å². The average molecular weight is 441 g/mol. The Balaban J connectivity index is -0.0000000356. The molecule has 0 unspecified atom stereocenters. The van der Waals surface area contributed by atoms with E-state index in [9.17, 15) is 0 Å². The van der Waals surface area contributed by atoms with Crippen LogP contribution in [0.4, 0.5) is 0 Å². The predicted molar refractivity (Wildman–Crippen MR) is 139 cm³/mol. The van der Waals surface area contributed by atoms with Gasteiger partial charge in [0.25, 0.3) is 0 Å². The maximum Gasteiger partial charge on any atom is 0.311 e. The lowest BCUT2D eigenvalue weighted by Crippen LogP contribution is -2.52. The van der Waals surface area contributed by atoms with Crippen LogP contribution < -0.4 is 0 Å². The van der Waals surface area contributed by atoms with E-state index in [4.69, 9.17) is 18.4 Å². The molecule has 0 aliphatic carbocycles. The zero-order valence-electron chi connectivity index (χ0n) is 12.0. The van der Waals surface area contributed by atoms with Crippen LogP contribution in [-0.4, -0.2) is 48.6 Å². The van der Waals surface area contributed by atoms with Crippen molar-refractivity contribution >= 4 is 25.2 Å². The van der Waals surface area contributed by atoms with E-state index in [1.165, 1.54) is 0 Å². The van der Waals surface area contributed by atoms with Crippen LogP contribution in [0.1, 0.15) is 66.8 Å². The van der Waals surface area contributed by atoms with Crippen LogP contribution in [-0.2, 0) is 8.23 Å². The quantitative estimate of drug-likeness (QED) is 0.377. The summed E-state index contributed by atoms with van der Waals surface area (Å²) in [4.78, 5) is 0. The van der Waals surface area contributed by atoms with Gasteiger partial charge in [0.1, 0.15) is 0 Å². The smallest absolute Gasteiger partial charge is 0.311 e. The molecule has 0 fully saturated rings. The van der Waals surface area contributed by atoms with E-state index in [1.807, 2.05) is 0 Å². The number of rotatable bonds is 8. The summed E-state index contributed by atoms with van der Waals surface area (Å²) in [6.45, 7) is 12.9. The Labute approximate surface area is 175 Å². The summed E-state index contributed by atoms with van der Waals surface area (Å²) in [5, 5.41) is 18.0. The van der Waals surface area contributed by atoms with E-state index >= 15 is 0 Å². The summed E-state index contributed by atoms with van der Waals surface area (Å²) < 4.78 is 12.4. The van der Waals surface area contributed by atoms with Gasteiger partial charge < -0.3 is 18.4 Å². The van der Waals surface area contributed by atoms with E-state index in [1.54, 1.807) is 0 Å². The van der Waals surface area contributed by atoms with E-state index in [2.05, 4.69) is 39.3 Å². The van der Waals surface area contributed by atoms with Gasteiger partial charge >= 0.3 is 8.56 Å². The Hall–Kier alpha value is 0.491. The molecule has 0 heterocycles. The minimum absolute atomic E-state index is 0. The van der Waals surface area contributed by atoms with Gasteiger partial charge in [-0.3, -0.25) is 0 Å². The van der Waals surface area contributed by atoms with E-state index in [0.29, 0.717) is 0 Å². The fourth-order valence-electron chi connectivity index (χ4n) is 1.99. The first-order valence-corrected chi connectivity index (χ1v) is 15.2. The molecule has 0 aromatic carbocycles. The van der Waals surface area contributed by atoms with Crippen molar-refractivity contribution in [3.8, 4) is 0 Å². The molecule has 0 rings (SSSR count). The average Bonchev–Trinajstić information content (AvgIpc) is 1.96. The van der Waals surface area contributed by atoms with Gasteiger partial charge in [-0.15, -0.1) is 0 Å². The van der Waals surface area contributed by atoms with Crippen molar-refractivity contribution in [2.75, 3.05) is 13.2 Å². The zero-order chi connectivity index (χ0) is 13.7. The Morgan fingerprint density at radius 3 is 0.846 bits per heavy atom. The molecule has 26 heavy (non-hydrogen) atoms. The highest BCUT2D eigenvalue weighted by molar-refractivity contribution is 6.87. The second-order valence-corrected chi connectivity index (χ2v) is 18.5. The Bertz CT molecular complexity index is 215. The second kappa shape index (κ2) is 25.5. The molecule has 4 nitrogen and oxygen atoms in total. The van der Waals surface area contributed by atoms with Gasteiger partial charge in [-0.2, -0.15) is 0 Å². The predicted octanol–water partition coefficient (Wildman–Crippen LogP) is 7.84. The summed E-state index contributed by atoms with van der Waals surface area (Å²) in [7, 11) is -5.78. The van der Waals surface area contributed by atoms with Crippen molar-refractivity contribution in [3.05, 3.63) is 0 Å². The summed E-state index contributed by atoms with van der Waals surface area (Å²) >= 11 is 0. The van der Waals surface area contributed by atoms with Crippen LogP contribution in [0.5, 0.6) is 0 Å². The van der Waals surface area contributed by atoms with E-state index < -0.39 is 25.2 Å². The van der Waals surface area contributed by atoms with Gasteiger partial charge in [-0.05, 0) is 51.4 Å². The van der Waals surface area contributed by atoms with Crippen molar-refractivity contribution in [2.24, 2.45) is 0 Å². The van der Waals surface area contributed by atoms with E-state index in [0.717, 1.165) is 12.1 Å². The van der Waals surface area contributed by atoms with Crippen LogP contribution in [0.25, 0.3) is 0 Å². The molecule has 0 atom stereocenters. The second-order valence-electron chi connectivity index (χ2n) is 6.07. The molecular weight excluding hydrogens is 376 g/mol. The van der Waals surface area contributed by atoms with Crippen LogP contribution in [0.3, 0.4) is 0 Å². The first-order chi connectivity index (χ1) is 7.54. The first kappa shape index (κ1) is 63.3. The summed E-state index contributed by atoms with van der Waals surface area (Å²) in [6.07, 6.45) is 0. The molecule has 0 amide bonds. The molecule has 176 valence electrons. The maximum atomic E-state index is 9.02. The lowest BCUT2D eigenvalue weighted by Gasteiger charge is -2.38. The zero-order valence-corrected chi connectivity index (χ0v) is 15.0. The molecule has 0 saturated heterocycles. The largest absolute Gasteiger partial charge is 0.436 e. The third-order valence-electron chi connectivity index (χ3n) is 2.47. The molecule has 0 spiro atoms. The molecule has 0 saturated carbocycles. The van der Waals surface area contributed by atoms with Gasteiger partial charge in [0.2, 0.25) is 0 Å². The first-order valence-electron chi connectivity index (χ1n) is 6.16. The molecule has 2 N–H and O–H groups in total. The molecule has 0 aromatic heterocycles. The third kappa shape index (κ3) is 32.2. The maximum absolute atomic E-state index is 9.02. The number of aliphatic hydroxyl groups is 2. The van der Waals surface area contributed by atoms with Crippen LogP contribution in [0.2, 0.25) is 51.4 Å². The van der Waals surface area contributed by atoms with Gasteiger partial charge in [-0.25, -0.2) is 0 Å². The molecular formula is C19H64O4Si3. The van der Waals surface area contributed by atoms with Crippen molar-refractivity contribution < 1.29 is 18.4 Å². The van der Waals surface area contributed by atoms with Crippen molar-refractivity contribution in [3.63, 3.8) is 0 Å². The van der Waals surface area contributed by atoms with Crippen LogP contribution >= 0.6 is 0 Å². The highest BCUT2D eigenvalue weighted by Crippen LogP contribution is 2.24. The van der Waals surface area contributed by atoms with Gasteiger partial charge in [-0.1, -0.05) is 66.8 Å². The minimum atomic E-state index is -2.15. The van der Waals surface area contributed by atoms with Crippen LogP contribution in [0, 0.1) is 0 Å². The molecule has 0 aromatic rings.